The largest absolute Gasteiger partial charge is 0.355 e. The van der Waals surface area contributed by atoms with Crippen LogP contribution in [-0.2, 0) is 4.79 Å². The fraction of sp³-hybridized carbons (Fsp3) is 0.882. The number of hydrogen-bond acceptors (Lipinski definition) is 4. The first-order chi connectivity index (χ1) is 11.6. The van der Waals surface area contributed by atoms with E-state index in [1.165, 1.54) is 32.1 Å². The van der Waals surface area contributed by atoms with Crippen molar-refractivity contribution in [1.82, 2.24) is 15.1 Å². The van der Waals surface area contributed by atoms with Crippen LogP contribution in [0.2, 0.25) is 0 Å². The van der Waals surface area contributed by atoms with Gasteiger partial charge in [-0.3, -0.25) is 4.79 Å². The van der Waals surface area contributed by atoms with E-state index < -0.39 is 0 Å². The molecular weight excluding hydrogens is 340 g/mol. The van der Waals surface area contributed by atoms with E-state index >= 15 is 0 Å². The van der Waals surface area contributed by atoms with Crippen molar-refractivity contribution in [1.29, 1.82) is 0 Å². The molecule has 1 aliphatic heterocycles. The summed E-state index contributed by atoms with van der Waals surface area (Å²) in [5.74, 6) is 3.18. The van der Waals surface area contributed by atoms with Crippen LogP contribution in [0.25, 0.3) is 0 Å². The Morgan fingerprint density at radius 3 is 2.75 bits per heavy atom. The summed E-state index contributed by atoms with van der Waals surface area (Å²) in [5, 5.41) is 3.48. The molecule has 2 rings (SSSR count). The molecule has 24 heavy (non-hydrogen) atoms. The van der Waals surface area contributed by atoms with Gasteiger partial charge >= 0.3 is 0 Å². The first-order valence-corrected chi connectivity index (χ1v) is 11.3. The summed E-state index contributed by atoms with van der Waals surface area (Å²) in [5.41, 5.74) is 0. The number of nitrogens with zero attached hydrogens (tertiary/aromatic N) is 3. The van der Waals surface area contributed by atoms with Crippen LogP contribution >= 0.6 is 23.5 Å². The maximum Gasteiger partial charge on any atom is 0.243 e. The lowest BCUT2D eigenvalue weighted by molar-refractivity contribution is -0.127. The average Bonchev–Trinajstić information content (AvgIpc) is 2.58. The number of rotatable bonds is 5. The van der Waals surface area contributed by atoms with Crippen molar-refractivity contribution in [2.75, 3.05) is 58.0 Å². The molecule has 0 bridgehead atoms. The molecule has 2 aliphatic rings. The van der Waals surface area contributed by atoms with Crippen LogP contribution in [0.15, 0.2) is 4.99 Å². The topological polar surface area (TPSA) is 47.9 Å². The van der Waals surface area contributed by atoms with Crippen molar-refractivity contribution >= 4 is 35.4 Å². The van der Waals surface area contributed by atoms with Gasteiger partial charge in [0.2, 0.25) is 5.91 Å². The number of likely N-dealkylation sites (N-methyl/N-ethyl adjacent to an activating group) is 1. The third-order valence-corrected chi connectivity index (χ3v) is 6.91. The second-order valence-electron chi connectivity index (χ2n) is 6.86. The molecule has 1 spiro atoms. The zero-order chi connectivity index (χ0) is 17.4. The Hall–Kier alpha value is -0.560. The zero-order valence-corrected chi connectivity index (χ0v) is 17.0. The monoisotopic (exact) mass is 372 g/mol. The van der Waals surface area contributed by atoms with Crippen molar-refractivity contribution in [2.24, 2.45) is 4.99 Å². The lowest BCUT2D eigenvalue weighted by Gasteiger charge is -2.45. The van der Waals surface area contributed by atoms with Crippen LogP contribution in [0.5, 0.6) is 0 Å². The number of nitrogens with one attached hydrogen (secondary N) is 1. The highest BCUT2D eigenvalue weighted by molar-refractivity contribution is 8.00. The normalized spacial score (nSPS) is 21.0. The highest BCUT2D eigenvalue weighted by Crippen LogP contribution is 2.42. The Morgan fingerprint density at radius 2 is 2.08 bits per heavy atom. The maximum absolute atomic E-state index is 11.9. The smallest absolute Gasteiger partial charge is 0.243 e. The summed E-state index contributed by atoms with van der Waals surface area (Å²) < 4.78 is 0.407. The molecule has 0 aromatic rings. The number of carbonyl (C=O) groups is 1. The molecule has 2 fully saturated rings. The van der Waals surface area contributed by atoms with E-state index in [1.807, 2.05) is 11.8 Å². The Morgan fingerprint density at radius 1 is 1.33 bits per heavy atom. The molecule has 1 saturated heterocycles. The molecule has 0 radical (unpaired) electrons. The van der Waals surface area contributed by atoms with E-state index in [4.69, 9.17) is 0 Å². The fourth-order valence-corrected chi connectivity index (χ4v) is 5.22. The molecule has 1 N–H and O–H groups in total. The van der Waals surface area contributed by atoms with Gasteiger partial charge in [-0.05, 0) is 19.1 Å². The number of amides is 1. The molecule has 138 valence electrons. The van der Waals surface area contributed by atoms with E-state index in [2.05, 4.69) is 33.2 Å². The van der Waals surface area contributed by atoms with Crippen molar-refractivity contribution in [3.05, 3.63) is 0 Å². The Bertz CT molecular complexity index is 431. The predicted octanol–water partition coefficient (Wildman–Crippen LogP) is 2.13. The summed E-state index contributed by atoms with van der Waals surface area (Å²) in [6.45, 7) is 3.21. The van der Waals surface area contributed by atoms with Crippen molar-refractivity contribution in [3.63, 3.8) is 0 Å². The van der Waals surface area contributed by atoms with Gasteiger partial charge < -0.3 is 15.1 Å². The van der Waals surface area contributed by atoms with E-state index in [0.29, 0.717) is 4.75 Å². The maximum atomic E-state index is 11.9. The minimum atomic E-state index is 0.0536. The standard InChI is InChI=1S/C17H32N4OS2/c1-20(2)15(22)13-19-16(18-9-11-23-3)21-10-12-24-17(14-21)7-5-4-6-8-17/h4-14H2,1-3H3,(H,18,19). The highest BCUT2D eigenvalue weighted by Gasteiger charge is 2.38. The summed E-state index contributed by atoms with van der Waals surface area (Å²) in [4.78, 5) is 20.6. The van der Waals surface area contributed by atoms with E-state index in [-0.39, 0.29) is 12.5 Å². The van der Waals surface area contributed by atoms with Crippen LogP contribution < -0.4 is 5.32 Å². The van der Waals surface area contributed by atoms with Crippen LogP contribution in [0.3, 0.4) is 0 Å². The molecule has 1 heterocycles. The molecule has 0 aromatic heterocycles. The quantitative estimate of drug-likeness (QED) is 0.455. The number of carbonyl (C=O) groups excluding carboxylic acids is 1. The van der Waals surface area contributed by atoms with Gasteiger partial charge in [-0.2, -0.15) is 23.5 Å². The molecule has 1 saturated carbocycles. The second-order valence-corrected chi connectivity index (χ2v) is 9.41. The molecule has 1 amide bonds. The third kappa shape index (κ3) is 5.76. The zero-order valence-electron chi connectivity index (χ0n) is 15.3. The van der Waals surface area contributed by atoms with Gasteiger partial charge in [-0.1, -0.05) is 19.3 Å². The lowest BCUT2D eigenvalue weighted by atomic mass is 9.87. The van der Waals surface area contributed by atoms with Crippen molar-refractivity contribution < 1.29 is 4.79 Å². The van der Waals surface area contributed by atoms with Gasteiger partial charge in [0, 0.05) is 50.0 Å². The summed E-state index contributed by atoms with van der Waals surface area (Å²) in [7, 11) is 3.57. The molecular formula is C17H32N4OS2. The number of aliphatic imine (C=N–C) groups is 1. The first-order valence-electron chi connectivity index (χ1n) is 8.93. The predicted molar refractivity (Wildman–Crippen MR) is 107 cm³/mol. The van der Waals surface area contributed by atoms with Crippen LogP contribution in [0.1, 0.15) is 32.1 Å². The number of thioether (sulfide) groups is 2. The minimum absolute atomic E-state index is 0.0536. The lowest BCUT2D eigenvalue weighted by Crippen LogP contribution is -2.54. The van der Waals surface area contributed by atoms with Crippen LogP contribution in [-0.4, -0.2) is 84.4 Å². The van der Waals surface area contributed by atoms with E-state index in [1.54, 1.807) is 19.0 Å². The van der Waals surface area contributed by atoms with Crippen LogP contribution in [0.4, 0.5) is 0 Å². The number of guanidine groups is 1. The number of hydrogen-bond donors (Lipinski definition) is 1. The summed E-state index contributed by atoms with van der Waals surface area (Å²) in [6.07, 6.45) is 8.85. The first kappa shape index (κ1) is 19.8. The van der Waals surface area contributed by atoms with Gasteiger partial charge in [0.15, 0.2) is 5.96 Å². The molecule has 7 heteroatoms. The van der Waals surface area contributed by atoms with Gasteiger partial charge in [0.05, 0.1) is 0 Å². The van der Waals surface area contributed by atoms with Gasteiger partial charge in [0.25, 0.3) is 0 Å². The minimum Gasteiger partial charge on any atom is -0.355 e. The van der Waals surface area contributed by atoms with Gasteiger partial charge in [-0.15, -0.1) is 0 Å². The Balaban J connectivity index is 2.03. The third-order valence-electron chi connectivity index (χ3n) is 4.76. The molecule has 1 aliphatic carbocycles. The SMILES string of the molecule is CSCCNC(=NCC(=O)N(C)C)N1CCSC2(CCCCC2)C1. The molecule has 0 atom stereocenters. The van der Waals surface area contributed by atoms with Crippen molar-refractivity contribution in [3.8, 4) is 0 Å². The molecule has 0 aromatic carbocycles. The fourth-order valence-electron chi connectivity index (χ4n) is 3.34. The second kappa shape index (κ2) is 9.80. The summed E-state index contributed by atoms with van der Waals surface area (Å²) in [6, 6.07) is 0. The van der Waals surface area contributed by atoms with Gasteiger partial charge in [-0.25, -0.2) is 4.99 Å². The Kier molecular flexibility index (Phi) is 8.07. The van der Waals surface area contributed by atoms with E-state index in [9.17, 15) is 4.79 Å². The summed E-state index contributed by atoms with van der Waals surface area (Å²) >= 11 is 3.99. The van der Waals surface area contributed by atoms with Gasteiger partial charge in [0.1, 0.15) is 6.54 Å². The highest BCUT2D eigenvalue weighted by atomic mass is 32.2. The van der Waals surface area contributed by atoms with E-state index in [0.717, 1.165) is 37.1 Å². The van der Waals surface area contributed by atoms with Crippen molar-refractivity contribution in [2.45, 2.75) is 36.9 Å². The Labute approximate surface area is 155 Å². The average molecular weight is 373 g/mol. The van der Waals surface area contributed by atoms with Crippen LogP contribution in [0, 0.1) is 0 Å². The molecule has 5 nitrogen and oxygen atoms in total. The molecule has 0 unspecified atom stereocenters.